The Morgan fingerprint density at radius 2 is 1.93 bits per heavy atom. The Hall–Kier alpha value is -2.90. The number of benzene rings is 1. The maximum absolute atomic E-state index is 15.1. The first-order valence-corrected chi connectivity index (χ1v) is 10.6. The lowest BCUT2D eigenvalue weighted by atomic mass is 10.1. The number of hydrogen-bond donors (Lipinski definition) is 2. The van der Waals surface area contributed by atoms with Crippen LogP contribution in [0, 0.1) is 5.82 Å². The van der Waals surface area contributed by atoms with Gasteiger partial charge in [-0.15, -0.1) is 0 Å². The summed E-state index contributed by atoms with van der Waals surface area (Å²) in [6.07, 6.45) is 1.19. The molecule has 0 unspecified atom stereocenters. The van der Waals surface area contributed by atoms with E-state index in [0.717, 1.165) is 6.07 Å². The van der Waals surface area contributed by atoms with E-state index in [1.165, 1.54) is 15.8 Å². The molecule has 13 heteroatoms. The van der Waals surface area contributed by atoms with Gasteiger partial charge in [-0.1, -0.05) is 0 Å². The molecular formula is C17H19FN4O7S. The van der Waals surface area contributed by atoms with E-state index in [1.54, 1.807) is 17.0 Å². The van der Waals surface area contributed by atoms with Gasteiger partial charge in [-0.05, 0) is 6.07 Å². The topological polar surface area (TPSA) is 133 Å². The molecule has 0 radical (unpaired) electrons. The van der Waals surface area contributed by atoms with Crippen molar-refractivity contribution in [2.45, 2.75) is 0 Å². The van der Waals surface area contributed by atoms with Gasteiger partial charge >= 0.3 is 5.97 Å². The van der Waals surface area contributed by atoms with E-state index in [-0.39, 0.29) is 55.2 Å². The molecule has 1 aromatic carbocycles. The smallest absolute Gasteiger partial charge is 0.341 e. The van der Waals surface area contributed by atoms with Crippen molar-refractivity contribution in [1.82, 2.24) is 9.58 Å². The molecule has 0 spiro atoms. The van der Waals surface area contributed by atoms with E-state index in [2.05, 4.69) is 0 Å². The molecule has 4 rings (SSSR count). The van der Waals surface area contributed by atoms with Crippen LogP contribution in [0.2, 0.25) is 0 Å². The van der Waals surface area contributed by atoms with Crippen LogP contribution in [0.4, 0.5) is 10.1 Å². The molecule has 30 heavy (non-hydrogen) atoms. The molecule has 1 aromatic heterocycles. The molecule has 0 amide bonds. The summed E-state index contributed by atoms with van der Waals surface area (Å²) in [6.45, 7) is 1.06. The van der Waals surface area contributed by atoms with Gasteiger partial charge in [0.05, 0.1) is 5.39 Å². The van der Waals surface area contributed by atoms with Crippen molar-refractivity contribution in [3.05, 3.63) is 33.9 Å². The zero-order valence-electron chi connectivity index (χ0n) is 15.9. The Labute approximate surface area is 170 Å². The number of nitrogens with zero attached hydrogens (tertiary/aromatic N) is 4. The number of aromatic carboxylic acids is 1. The quantitative estimate of drug-likeness (QED) is 0.610. The molecule has 2 aromatic rings. The predicted octanol–water partition coefficient (Wildman–Crippen LogP) is -0.276. The van der Waals surface area contributed by atoms with Crippen LogP contribution in [0.15, 0.2) is 17.1 Å². The van der Waals surface area contributed by atoms with Gasteiger partial charge in [0.1, 0.15) is 22.6 Å². The van der Waals surface area contributed by atoms with Crippen LogP contribution < -0.4 is 20.1 Å². The molecule has 2 aliphatic rings. The fraction of sp³-hybridized carbons (Fsp3) is 0.412. The molecule has 0 aliphatic carbocycles. The highest BCUT2D eigenvalue weighted by Gasteiger charge is 2.31. The molecule has 2 N–H and O–H groups in total. The van der Waals surface area contributed by atoms with E-state index in [4.69, 9.17) is 9.29 Å². The van der Waals surface area contributed by atoms with Crippen molar-refractivity contribution in [3.8, 4) is 5.75 Å². The van der Waals surface area contributed by atoms with Crippen LogP contribution in [0.3, 0.4) is 0 Å². The highest BCUT2D eigenvalue weighted by atomic mass is 32.2. The van der Waals surface area contributed by atoms with Gasteiger partial charge in [0, 0.05) is 39.4 Å². The van der Waals surface area contributed by atoms with Crippen LogP contribution in [-0.2, 0) is 10.1 Å². The number of pyridine rings is 1. The van der Waals surface area contributed by atoms with Crippen molar-refractivity contribution in [3.63, 3.8) is 0 Å². The lowest BCUT2D eigenvalue weighted by Gasteiger charge is -2.38. The molecule has 0 saturated carbocycles. The Balaban J connectivity index is 1.80. The minimum atomic E-state index is -4.16. The Kier molecular flexibility index (Phi) is 4.83. The standard InChI is InChI=1S/C17H19FN4O7S/c1-19-8-29-16-13-10(15(23)11(17(24)25)7-22(13)19)6-12(18)14(16)21-4-2-20(3-5-21)9-30(26,27)28/h6-7H,2-5,8-9H2,1H3,(H,24,25)(H,26,27,28). The first kappa shape index (κ1) is 20.4. The van der Waals surface area contributed by atoms with Crippen molar-refractivity contribution in [2.24, 2.45) is 0 Å². The number of ether oxygens (including phenoxy) is 1. The summed E-state index contributed by atoms with van der Waals surface area (Å²) in [5.41, 5.74) is -0.903. The number of rotatable bonds is 4. The number of carboxylic acids is 1. The van der Waals surface area contributed by atoms with E-state index >= 15 is 4.39 Å². The Morgan fingerprint density at radius 3 is 2.53 bits per heavy atom. The van der Waals surface area contributed by atoms with E-state index < -0.39 is 38.8 Å². The third-order valence-corrected chi connectivity index (χ3v) is 5.87. The summed E-state index contributed by atoms with van der Waals surface area (Å²) in [5.74, 6) is -2.53. The largest absolute Gasteiger partial charge is 0.477 e. The number of piperazine rings is 1. The molecule has 1 saturated heterocycles. The number of anilines is 1. The van der Waals surface area contributed by atoms with Crippen LogP contribution in [0.25, 0.3) is 10.9 Å². The second-order valence-electron chi connectivity index (χ2n) is 7.20. The average Bonchev–Trinajstić information content (AvgIpc) is 2.65. The van der Waals surface area contributed by atoms with Gasteiger partial charge in [0.25, 0.3) is 10.1 Å². The minimum absolute atomic E-state index is 0.00318. The Bertz CT molecular complexity index is 1210. The van der Waals surface area contributed by atoms with Crippen molar-refractivity contribution in [2.75, 3.05) is 55.7 Å². The van der Waals surface area contributed by atoms with Crippen LogP contribution >= 0.6 is 0 Å². The number of aromatic nitrogens is 1. The molecule has 1 fully saturated rings. The lowest BCUT2D eigenvalue weighted by Crippen LogP contribution is -2.48. The molecular weight excluding hydrogens is 423 g/mol. The fourth-order valence-corrected chi connectivity index (χ4v) is 4.52. The van der Waals surface area contributed by atoms with Gasteiger partial charge in [-0.3, -0.25) is 23.9 Å². The SMILES string of the molecule is CN1COc2c(N3CCN(CS(=O)(=O)O)CC3)c(F)cc3c(=O)c(C(=O)O)cn1c23. The normalized spacial score (nSPS) is 17.3. The third-order valence-electron chi connectivity index (χ3n) is 5.18. The zero-order valence-corrected chi connectivity index (χ0v) is 16.7. The van der Waals surface area contributed by atoms with E-state index in [0.29, 0.717) is 0 Å². The van der Waals surface area contributed by atoms with Crippen LogP contribution in [0.1, 0.15) is 10.4 Å². The minimum Gasteiger partial charge on any atom is -0.477 e. The first-order chi connectivity index (χ1) is 14.1. The molecule has 11 nitrogen and oxygen atoms in total. The van der Waals surface area contributed by atoms with E-state index in [9.17, 15) is 23.1 Å². The monoisotopic (exact) mass is 442 g/mol. The van der Waals surface area contributed by atoms with Gasteiger partial charge in [0.2, 0.25) is 5.43 Å². The second-order valence-corrected chi connectivity index (χ2v) is 8.62. The summed E-state index contributed by atoms with van der Waals surface area (Å²) in [6, 6.07) is 1.01. The predicted molar refractivity (Wildman–Crippen MR) is 105 cm³/mol. The highest BCUT2D eigenvalue weighted by molar-refractivity contribution is 7.85. The van der Waals surface area contributed by atoms with Crippen LogP contribution in [0.5, 0.6) is 5.75 Å². The first-order valence-electron chi connectivity index (χ1n) is 8.98. The molecule has 2 aliphatic heterocycles. The number of hydrogen-bond acceptors (Lipinski definition) is 8. The summed E-state index contributed by atoms with van der Waals surface area (Å²) in [4.78, 5) is 27.2. The number of carboxylic acid groups (broad SMARTS) is 1. The summed E-state index contributed by atoms with van der Waals surface area (Å²) in [5, 5.41) is 10.8. The molecule has 0 bridgehead atoms. The van der Waals surface area contributed by atoms with Crippen molar-refractivity contribution < 1.29 is 32.0 Å². The summed E-state index contributed by atoms with van der Waals surface area (Å²) >= 11 is 0. The zero-order chi connectivity index (χ0) is 21.8. The highest BCUT2D eigenvalue weighted by Crippen LogP contribution is 2.40. The lowest BCUT2D eigenvalue weighted by molar-refractivity contribution is 0.0694. The van der Waals surface area contributed by atoms with Gasteiger partial charge in [-0.2, -0.15) is 8.42 Å². The van der Waals surface area contributed by atoms with Gasteiger partial charge in [0.15, 0.2) is 18.3 Å². The maximum Gasteiger partial charge on any atom is 0.341 e. The number of halogens is 1. The summed E-state index contributed by atoms with van der Waals surface area (Å²) < 4.78 is 53.4. The number of carbonyl (C=O) groups is 1. The van der Waals surface area contributed by atoms with Crippen molar-refractivity contribution >= 4 is 32.7 Å². The molecule has 3 heterocycles. The van der Waals surface area contributed by atoms with Crippen molar-refractivity contribution in [1.29, 1.82) is 0 Å². The third kappa shape index (κ3) is 3.44. The molecule has 162 valence electrons. The Morgan fingerprint density at radius 1 is 1.27 bits per heavy atom. The molecule has 0 atom stereocenters. The average molecular weight is 442 g/mol. The maximum atomic E-state index is 15.1. The second kappa shape index (κ2) is 7.11. The van der Waals surface area contributed by atoms with Gasteiger partial charge < -0.3 is 14.7 Å². The van der Waals surface area contributed by atoms with Crippen LogP contribution in [-0.4, -0.2) is 79.5 Å². The van der Waals surface area contributed by atoms with Gasteiger partial charge in [-0.25, -0.2) is 9.18 Å². The van der Waals surface area contributed by atoms with E-state index in [1.807, 2.05) is 0 Å². The fourth-order valence-electron chi connectivity index (χ4n) is 3.80. The summed E-state index contributed by atoms with van der Waals surface area (Å²) in [7, 11) is -2.52.